The number of aliphatic carboxylic acids is 1. The molecule has 0 saturated heterocycles. The SMILES string of the molecule is CCN(C(=O)CSc1ccccc1F)C(C)CC(=O)O. The van der Waals surface area contributed by atoms with Gasteiger partial charge in [0.25, 0.3) is 0 Å². The molecule has 6 heteroatoms. The molecule has 0 radical (unpaired) electrons. The van der Waals surface area contributed by atoms with Crippen LogP contribution in [0.5, 0.6) is 0 Å². The summed E-state index contributed by atoms with van der Waals surface area (Å²) in [7, 11) is 0. The van der Waals surface area contributed by atoms with Crippen LogP contribution in [0, 0.1) is 5.82 Å². The van der Waals surface area contributed by atoms with Crippen LogP contribution in [0.3, 0.4) is 0 Å². The first-order chi connectivity index (χ1) is 9.45. The van der Waals surface area contributed by atoms with Gasteiger partial charge in [0.1, 0.15) is 5.82 Å². The summed E-state index contributed by atoms with van der Waals surface area (Å²) in [5, 5.41) is 8.76. The van der Waals surface area contributed by atoms with Crippen molar-refractivity contribution in [3.05, 3.63) is 30.1 Å². The van der Waals surface area contributed by atoms with E-state index in [1.807, 2.05) is 0 Å². The van der Waals surface area contributed by atoms with Gasteiger partial charge in [-0.25, -0.2) is 4.39 Å². The topological polar surface area (TPSA) is 57.6 Å². The Hall–Kier alpha value is -1.56. The van der Waals surface area contributed by atoms with Crippen LogP contribution in [0.15, 0.2) is 29.2 Å². The van der Waals surface area contributed by atoms with E-state index in [0.717, 1.165) is 11.8 Å². The lowest BCUT2D eigenvalue weighted by atomic mass is 10.2. The van der Waals surface area contributed by atoms with Crippen molar-refractivity contribution < 1.29 is 19.1 Å². The fourth-order valence-electron chi connectivity index (χ4n) is 1.88. The van der Waals surface area contributed by atoms with Gasteiger partial charge >= 0.3 is 5.97 Å². The molecule has 0 aliphatic rings. The van der Waals surface area contributed by atoms with Crippen molar-refractivity contribution in [3.8, 4) is 0 Å². The van der Waals surface area contributed by atoms with Crippen LogP contribution in [0.25, 0.3) is 0 Å². The van der Waals surface area contributed by atoms with E-state index >= 15 is 0 Å². The fraction of sp³-hybridized carbons (Fsp3) is 0.429. The number of benzene rings is 1. The van der Waals surface area contributed by atoms with E-state index in [1.165, 1.54) is 11.0 Å². The molecule has 1 aromatic rings. The second kappa shape index (κ2) is 7.89. The second-order valence-corrected chi connectivity index (χ2v) is 5.36. The van der Waals surface area contributed by atoms with Gasteiger partial charge in [-0.2, -0.15) is 0 Å². The lowest BCUT2D eigenvalue weighted by molar-refractivity contribution is -0.139. The van der Waals surface area contributed by atoms with Crippen LogP contribution in [0.2, 0.25) is 0 Å². The van der Waals surface area contributed by atoms with E-state index < -0.39 is 5.97 Å². The summed E-state index contributed by atoms with van der Waals surface area (Å²) >= 11 is 1.12. The molecule has 0 aliphatic carbocycles. The van der Waals surface area contributed by atoms with Crippen molar-refractivity contribution in [3.63, 3.8) is 0 Å². The number of carbonyl (C=O) groups excluding carboxylic acids is 1. The van der Waals surface area contributed by atoms with Crippen molar-refractivity contribution in [2.24, 2.45) is 0 Å². The molecule has 4 nitrogen and oxygen atoms in total. The minimum Gasteiger partial charge on any atom is -0.481 e. The Bertz CT molecular complexity index is 481. The van der Waals surface area contributed by atoms with E-state index in [0.29, 0.717) is 11.4 Å². The minimum atomic E-state index is -0.939. The smallest absolute Gasteiger partial charge is 0.305 e. The molecule has 1 aromatic carbocycles. The summed E-state index contributed by atoms with van der Waals surface area (Å²) < 4.78 is 13.4. The Balaban J connectivity index is 2.60. The highest BCUT2D eigenvalue weighted by atomic mass is 32.2. The number of carboxylic acid groups (broad SMARTS) is 1. The summed E-state index contributed by atoms with van der Waals surface area (Å²) in [6.45, 7) is 3.93. The maximum absolute atomic E-state index is 13.4. The molecule has 20 heavy (non-hydrogen) atoms. The second-order valence-electron chi connectivity index (χ2n) is 4.35. The average Bonchev–Trinajstić information content (AvgIpc) is 2.37. The quantitative estimate of drug-likeness (QED) is 0.786. The lowest BCUT2D eigenvalue weighted by Gasteiger charge is -2.27. The number of carbonyl (C=O) groups is 2. The maximum Gasteiger partial charge on any atom is 0.305 e. The summed E-state index contributed by atoms with van der Waals surface area (Å²) in [5.41, 5.74) is 0. The standard InChI is InChI=1S/C14H18FNO3S/c1-3-16(10(2)8-14(18)19)13(17)9-20-12-7-5-4-6-11(12)15/h4-7,10H,3,8-9H2,1-2H3,(H,18,19). The normalized spacial score (nSPS) is 11.9. The van der Waals surface area contributed by atoms with Gasteiger partial charge in [-0.1, -0.05) is 12.1 Å². The molecule has 0 aliphatic heterocycles. The Morgan fingerprint density at radius 2 is 2.05 bits per heavy atom. The number of halogens is 1. The van der Waals surface area contributed by atoms with Crippen LogP contribution in [0.4, 0.5) is 4.39 Å². The summed E-state index contributed by atoms with van der Waals surface area (Å²) in [6, 6.07) is 5.89. The largest absolute Gasteiger partial charge is 0.481 e. The van der Waals surface area contributed by atoms with Crippen molar-refractivity contribution in [1.82, 2.24) is 4.90 Å². The molecule has 0 heterocycles. The van der Waals surface area contributed by atoms with Crippen LogP contribution in [-0.4, -0.2) is 40.2 Å². The molecule has 0 fully saturated rings. The molecule has 0 saturated carbocycles. The molecule has 1 N–H and O–H groups in total. The highest BCUT2D eigenvalue weighted by Gasteiger charge is 2.20. The molecule has 0 bridgehead atoms. The zero-order chi connectivity index (χ0) is 15.1. The van der Waals surface area contributed by atoms with Gasteiger partial charge in [0.05, 0.1) is 12.2 Å². The monoisotopic (exact) mass is 299 g/mol. The predicted molar refractivity (Wildman–Crippen MR) is 76.2 cm³/mol. The number of rotatable bonds is 7. The number of carboxylic acids is 1. The van der Waals surface area contributed by atoms with Gasteiger partial charge in [-0.15, -0.1) is 11.8 Å². The van der Waals surface area contributed by atoms with Gasteiger partial charge in [0.2, 0.25) is 5.91 Å². The molecule has 1 atom stereocenters. The van der Waals surface area contributed by atoms with E-state index in [2.05, 4.69) is 0 Å². The highest BCUT2D eigenvalue weighted by molar-refractivity contribution is 8.00. The van der Waals surface area contributed by atoms with Gasteiger partial charge in [-0.05, 0) is 26.0 Å². The molecule has 0 spiro atoms. The van der Waals surface area contributed by atoms with Gasteiger partial charge in [0, 0.05) is 17.5 Å². The summed E-state index contributed by atoms with van der Waals surface area (Å²) in [4.78, 5) is 24.7. The first-order valence-corrected chi connectivity index (χ1v) is 7.32. The van der Waals surface area contributed by atoms with Gasteiger partial charge in [-0.3, -0.25) is 9.59 Å². The number of thioether (sulfide) groups is 1. The zero-order valence-corrected chi connectivity index (χ0v) is 12.3. The van der Waals surface area contributed by atoms with Crippen LogP contribution in [0.1, 0.15) is 20.3 Å². The number of hydrogen-bond acceptors (Lipinski definition) is 3. The first kappa shape index (κ1) is 16.5. The van der Waals surface area contributed by atoms with Crippen molar-refractivity contribution in [2.75, 3.05) is 12.3 Å². The Morgan fingerprint density at radius 3 is 2.60 bits per heavy atom. The molecule has 1 unspecified atom stereocenters. The van der Waals surface area contributed by atoms with Crippen LogP contribution >= 0.6 is 11.8 Å². The third-order valence-corrected chi connectivity index (χ3v) is 3.88. The Labute approximate surface area is 122 Å². The Morgan fingerprint density at radius 1 is 1.40 bits per heavy atom. The third kappa shape index (κ3) is 4.85. The van der Waals surface area contributed by atoms with E-state index in [-0.39, 0.29) is 29.9 Å². The average molecular weight is 299 g/mol. The lowest BCUT2D eigenvalue weighted by Crippen LogP contribution is -2.40. The third-order valence-electron chi connectivity index (χ3n) is 2.85. The fourth-order valence-corrected chi connectivity index (χ4v) is 2.71. The van der Waals surface area contributed by atoms with E-state index in [9.17, 15) is 14.0 Å². The van der Waals surface area contributed by atoms with Crippen molar-refractivity contribution in [1.29, 1.82) is 0 Å². The maximum atomic E-state index is 13.4. The van der Waals surface area contributed by atoms with E-state index in [4.69, 9.17) is 5.11 Å². The molecule has 1 rings (SSSR count). The van der Waals surface area contributed by atoms with Crippen molar-refractivity contribution in [2.45, 2.75) is 31.2 Å². The van der Waals surface area contributed by atoms with Crippen molar-refractivity contribution >= 4 is 23.6 Å². The highest BCUT2D eigenvalue weighted by Crippen LogP contribution is 2.22. The molecule has 110 valence electrons. The molecule has 1 amide bonds. The molecular formula is C14H18FNO3S. The van der Waals surface area contributed by atoms with Gasteiger partial charge in [0.15, 0.2) is 0 Å². The first-order valence-electron chi connectivity index (χ1n) is 6.34. The zero-order valence-electron chi connectivity index (χ0n) is 11.5. The number of nitrogens with zero attached hydrogens (tertiary/aromatic N) is 1. The summed E-state index contributed by atoms with van der Waals surface area (Å²) in [6.07, 6.45) is -0.0933. The van der Waals surface area contributed by atoms with Gasteiger partial charge < -0.3 is 10.0 Å². The molecule has 0 aromatic heterocycles. The van der Waals surface area contributed by atoms with Crippen LogP contribution in [-0.2, 0) is 9.59 Å². The number of hydrogen-bond donors (Lipinski definition) is 1. The molecular weight excluding hydrogens is 281 g/mol. The van der Waals surface area contributed by atoms with Crippen LogP contribution < -0.4 is 0 Å². The predicted octanol–water partition coefficient (Wildman–Crippen LogP) is 2.63. The Kier molecular flexibility index (Phi) is 6.51. The minimum absolute atomic E-state index is 0.0933. The summed E-state index contributed by atoms with van der Waals surface area (Å²) in [5.74, 6) is -1.38. The van der Waals surface area contributed by atoms with E-state index in [1.54, 1.807) is 32.0 Å². The number of amides is 1.